The first-order valence-electron chi connectivity index (χ1n) is 7.97. The van der Waals surface area contributed by atoms with Gasteiger partial charge < -0.3 is 4.98 Å². The maximum atomic E-state index is 5.42. The molecule has 0 amide bonds. The molecule has 0 saturated carbocycles. The fourth-order valence-corrected chi connectivity index (χ4v) is 3.52. The van der Waals surface area contributed by atoms with Crippen LogP contribution in [0.1, 0.15) is 11.1 Å². The van der Waals surface area contributed by atoms with Gasteiger partial charge in [0.15, 0.2) is 0 Å². The first kappa shape index (κ1) is 16.2. The maximum absolute atomic E-state index is 5.42. The van der Waals surface area contributed by atoms with Crippen LogP contribution in [0.25, 0.3) is 28.0 Å². The molecule has 5 heteroatoms. The number of halogens is 1. The summed E-state index contributed by atoms with van der Waals surface area (Å²) in [5.41, 5.74) is 7.78. The van der Waals surface area contributed by atoms with Gasteiger partial charge in [0.2, 0.25) is 4.77 Å². The summed E-state index contributed by atoms with van der Waals surface area (Å²) in [6.45, 7) is 4.25. The molecule has 0 aliphatic carbocycles. The molecule has 2 heterocycles. The van der Waals surface area contributed by atoms with Crippen LogP contribution in [0, 0.1) is 18.6 Å². The maximum Gasteiger partial charge on any atom is 0.205 e. The lowest BCUT2D eigenvalue weighted by atomic mass is 10.0. The SMILES string of the molecule is Cc1ccc(-c2cn3c(=S)ncc(-c4cccc(Br)c4)c3[nH]2)cc1C. The standard InChI is InChI=1S/C20H16BrN3S/c1-12-6-7-15(8-13(12)2)18-11-24-19(23-18)17(10-22-20(24)25)14-4-3-5-16(21)9-14/h3-11,23H,1-2H3. The fourth-order valence-electron chi connectivity index (χ4n) is 2.93. The summed E-state index contributed by atoms with van der Waals surface area (Å²) in [4.78, 5) is 7.92. The summed E-state index contributed by atoms with van der Waals surface area (Å²) in [5, 5.41) is 0. The van der Waals surface area contributed by atoms with Crippen LogP contribution in [-0.4, -0.2) is 14.4 Å². The van der Waals surface area contributed by atoms with Crippen molar-refractivity contribution in [2.75, 3.05) is 0 Å². The van der Waals surface area contributed by atoms with Gasteiger partial charge in [-0.05, 0) is 66.5 Å². The summed E-state index contributed by atoms with van der Waals surface area (Å²) in [7, 11) is 0. The monoisotopic (exact) mass is 409 g/mol. The number of aryl methyl sites for hydroxylation is 2. The summed E-state index contributed by atoms with van der Waals surface area (Å²) in [6.07, 6.45) is 3.86. The molecule has 124 valence electrons. The smallest absolute Gasteiger partial charge is 0.205 e. The Morgan fingerprint density at radius 3 is 2.64 bits per heavy atom. The third kappa shape index (κ3) is 2.94. The van der Waals surface area contributed by atoms with Crippen molar-refractivity contribution < 1.29 is 0 Å². The quantitative estimate of drug-likeness (QED) is 0.405. The lowest BCUT2D eigenvalue weighted by Gasteiger charge is -2.04. The number of fused-ring (bicyclic) bond motifs is 1. The van der Waals surface area contributed by atoms with E-state index in [1.165, 1.54) is 11.1 Å². The molecule has 4 aromatic rings. The molecule has 2 aromatic carbocycles. The molecule has 0 bridgehead atoms. The number of aromatic nitrogens is 3. The van der Waals surface area contributed by atoms with E-state index in [4.69, 9.17) is 12.2 Å². The lowest BCUT2D eigenvalue weighted by molar-refractivity contribution is 1.06. The van der Waals surface area contributed by atoms with Crippen molar-refractivity contribution in [1.82, 2.24) is 14.4 Å². The summed E-state index contributed by atoms with van der Waals surface area (Å²) < 4.78 is 3.52. The van der Waals surface area contributed by atoms with Crippen LogP contribution in [0.3, 0.4) is 0 Å². The third-order valence-corrected chi connectivity index (χ3v) is 5.27. The molecule has 3 nitrogen and oxygen atoms in total. The van der Waals surface area contributed by atoms with Gasteiger partial charge in [-0.15, -0.1) is 0 Å². The van der Waals surface area contributed by atoms with Crippen LogP contribution < -0.4 is 0 Å². The van der Waals surface area contributed by atoms with E-state index in [2.05, 4.69) is 70.1 Å². The molecule has 1 N–H and O–H groups in total. The fraction of sp³-hybridized carbons (Fsp3) is 0.100. The van der Waals surface area contributed by atoms with Gasteiger partial charge in [0.1, 0.15) is 5.65 Å². The molecule has 0 atom stereocenters. The number of imidazole rings is 1. The Labute approximate surface area is 159 Å². The van der Waals surface area contributed by atoms with E-state index in [1.807, 2.05) is 28.9 Å². The second-order valence-corrected chi connectivity index (χ2v) is 7.43. The number of nitrogens with one attached hydrogen (secondary N) is 1. The highest BCUT2D eigenvalue weighted by molar-refractivity contribution is 9.10. The average Bonchev–Trinajstić information content (AvgIpc) is 3.04. The van der Waals surface area contributed by atoms with Crippen molar-refractivity contribution >= 4 is 33.8 Å². The molecule has 2 aromatic heterocycles. The molecule has 0 aliphatic heterocycles. The minimum absolute atomic E-state index is 0.542. The van der Waals surface area contributed by atoms with Crippen LogP contribution in [-0.2, 0) is 0 Å². The minimum Gasteiger partial charge on any atom is -0.339 e. The Balaban J connectivity index is 1.96. The van der Waals surface area contributed by atoms with E-state index in [-0.39, 0.29) is 0 Å². The van der Waals surface area contributed by atoms with Gasteiger partial charge >= 0.3 is 0 Å². The van der Waals surface area contributed by atoms with E-state index in [0.717, 1.165) is 32.5 Å². The van der Waals surface area contributed by atoms with Crippen molar-refractivity contribution in [3.63, 3.8) is 0 Å². The van der Waals surface area contributed by atoms with Crippen LogP contribution >= 0.6 is 28.1 Å². The van der Waals surface area contributed by atoms with Crippen LogP contribution in [0.5, 0.6) is 0 Å². The van der Waals surface area contributed by atoms with Crippen LogP contribution in [0.4, 0.5) is 0 Å². The first-order valence-corrected chi connectivity index (χ1v) is 9.17. The van der Waals surface area contributed by atoms with E-state index in [9.17, 15) is 0 Å². The second kappa shape index (κ2) is 6.24. The topological polar surface area (TPSA) is 33.1 Å². The average molecular weight is 410 g/mol. The number of hydrogen-bond acceptors (Lipinski definition) is 2. The molecule has 0 radical (unpaired) electrons. The molecule has 0 spiro atoms. The van der Waals surface area contributed by atoms with Crippen molar-refractivity contribution in [2.45, 2.75) is 13.8 Å². The van der Waals surface area contributed by atoms with Gasteiger partial charge in [0.25, 0.3) is 0 Å². The van der Waals surface area contributed by atoms with Crippen molar-refractivity contribution in [2.24, 2.45) is 0 Å². The number of aromatic amines is 1. The highest BCUT2D eigenvalue weighted by Crippen LogP contribution is 2.29. The molecule has 0 fully saturated rings. The zero-order chi connectivity index (χ0) is 17.6. The highest BCUT2D eigenvalue weighted by atomic mass is 79.9. The van der Waals surface area contributed by atoms with Gasteiger partial charge in [-0.1, -0.05) is 40.2 Å². The highest BCUT2D eigenvalue weighted by Gasteiger charge is 2.11. The van der Waals surface area contributed by atoms with Crippen LogP contribution in [0.2, 0.25) is 0 Å². The summed E-state index contributed by atoms with van der Waals surface area (Å²) >= 11 is 8.96. The van der Waals surface area contributed by atoms with Crippen molar-refractivity contribution in [3.05, 3.63) is 75.2 Å². The van der Waals surface area contributed by atoms with Gasteiger partial charge in [-0.2, -0.15) is 0 Å². The van der Waals surface area contributed by atoms with Crippen LogP contribution in [0.15, 0.2) is 59.3 Å². The number of rotatable bonds is 2. The Morgan fingerprint density at radius 2 is 1.88 bits per heavy atom. The second-order valence-electron chi connectivity index (χ2n) is 6.15. The van der Waals surface area contributed by atoms with Crippen molar-refractivity contribution in [1.29, 1.82) is 0 Å². The number of H-pyrrole nitrogens is 1. The molecule has 0 unspecified atom stereocenters. The Morgan fingerprint density at radius 1 is 1.04 bits per heavy atom. The number of hydrogen-bond donors (Lipinski definition) is 1. The Kier molecular flexibility index (Phi) is 4.06. The third-order valence-electron chi connectivity index (χ3n) is 4.47. The van der Waals surface area contributed by atoms with Gasteiger partial charge in [-0.3, -0.25) is 4.40 Å². The van der Waals surface area contributed by atoms with Gasteiger partial charge in [0, 0.05) is 22.4 Å². The number of nitrogens with zero attached hydrogens (tertiary/aromatic N) is 2. The predicted octanol–water partition coefficient (Wildman–Crippen LogP) is 6.11. The zero-order valence-electron chi connectivity index (χ0n) is 13.9. The predicted molar refractivity (Wildman–Crippen MR) is 108 cm³/mol. The van der Waals surface area contributed by atoms with E-state index in [0.29, 0.717) is 4.77 Å². The lowest BCUT2D eigenvalue weighted by Crippen LogP contribution is -1.92. The molecule has 4 rings (SSSR count). The van der Waals surface area contributed by atoms with E-state index in [1.54, 1.807) is 0 Å². The normalized spacial score (nSPS) is 11.2. The Hall–Kier alpha value is -2.24. The van der Waals surface area contributed by atoms with Gasteiger partial charge in [-0.25, -0.2) is 4.98 Å². The molecule has 0 saturated heterocycles. The zero-order valence-corrected chi connectivity index (χ0v) is 16.3. The molecule has 25 heavy (non-hydrogen) atoms. The summed E-state index contributed by atoms with van der Waals surface area (Å²) in [5.74, 6) is 0. The molecular formula is C20H16BrN3S. The first-order chi connectivity index (χ1) is 12.0. The molecule has 0 aliphatic rings. The van der Waals surface area contributed by atoms with E-state index < -0.39 is 0 Å². The summed E-state index contributed by atoms with van der Waals surface area (Å²) in [6, 6.07) is 14.6. The van der Waals surface area contributed by atoms with E-state index >= 15 is 0 Å². The van der Waals surface area contributed by atoms with Crippen molar-refractivity contribution in [3.8, 4) is 22.4 Å². The largest absolute Gasteiger partial charge is 0.339 e. The Bertz CT molecular complexity index is 1160. The number of benzene rings is 2. The van der Waals surface area contributed by atoms with Gasteiger partial charge in [0.05, 0.1) is 5.69 Å². The molecular weight excluding hydrogens is 394 g/mol. The minimum atomic E-state index is 0.542.